The van der Waals surface area contributed by atoms with Crippen LogP contribution in [-0.4, -0.2) is 77.3 Å². The number of thiophene rings is 1. The van der Waals surface area contributed by atoms with Crippen molar-refractivity contribution in [3.8, 4) is 0 Å². The summed E-state index contributed by atoms with van der Waals surface area (Å²) in [5.74, 6) is 0.869. The Morgan fingerprint density at radius 3 is 2.67 bits per heavy atom. The maximum atomic E-state index is 13.1. The van der Waals surface area contributed by atoms with Gasteiger partial charge in [0.1, 0.15) is 5.82 Å². The molecule has 180 valence electrons. The van der Waals surface area contributed by atoms with Crippen molar-refractivity contribution in [2.24, 2.45) is 5.41 Å². The molecule has 2 aromatic heterocycles. The van der Waals surface area contributed by atoms with Gasteiger partial charge in [-0.25, -0.2) is 0 Å². The van der Waals surface area contributed by atoms with Crippen LogP contribution in [0.1, 0.15) is 48.5 Å². The molecule has 4 heterocycles. The fourth-order valence-corrected chi connectivity index (χ4v) is 5.13. The molecule has 33 heavy (non-hydrogen) atoms. The Kier molecular flexibility index (Phi) is 7.43. The third-order valence-corrected chi connectivity index (χ3v) is 7.29. The Balaban J connectivity index is 1.45. The molecule has 0 radical (unpaired) electrons. The topological polar surface area (TPSA) is 79.7 Å². The normalized spacial score (nSPS) is 19.8. The van der Waals surface area contributed by atoms with Crippen molar-refractivity contribution in [3.05, 3.63) is 33.1 Å². The van der Waals surface area contributed by atoms with E-state index in [1.165, 1.54) is 16.0 Å². The van der Waals surface area contributed by atoms with Crippen molar-refractivity contribution in [1.82, 2.24) is 19.6 Å². The monoisotopic (exact) mass is 493 g/mol. The van der Waals surface area contributed by atoms with Gasteiger partial charge < -0.3 is 15.0 Å². The van der Waals surface area contributed by atoms with Crippen molar-refractivity contribution in [2.75, 3.05) is 51.3 Å². The van der Waals surface area contributed by atoms with Crippen molar-refractivity contribution in [1.29, 1.82) is 0 Å². The minimum atomic E-state index is -0.568. The summed E-state index contributed by atoms with van der Waals surface area (Å²) in [6, 6.07) is 5.80. The average Bonchev–Trinajstić information content (AvgIpc) is 3.51. The number of rotatable bonds is 6. The lowest BCUT2D eigenvalue weighted by molar-refractivity contribution is -0.132. The zero-order valence-electron chi connectivity index (χ0n) is 19.5. The number of hydrogen-bond acceptors (Lipinski definition) is 7. The SMILES string of the molecule is CC(C)(C)C(=O)n1nc(C2CCN(C(=O)CN3CCOCC3)C2)cc1NCc1ccc(Cl)s1. The third-order valence-electron chi connectivity index (χ3n) is 6.06. The molecule has 2 aliphatic heterocycles. The van der Waals surface area contributed by atoms with Crippen LogP contribution in [0.5, 0.6) is 0 Å². The lowest BCUT2D eigenvalue weighted by Gasteiger charge is -2.28. The first-order valence-corrected chi connectivity index (χ1v) is 12.6. The minimum Gasteiger partial charge on any atom is -0.379 e. The van der Waals surface area contributed by atoms with Gasteiger partial charge in [0.2, 0.25) is 5.91 Å². The van der Waals surface area contributed by atoms with Gasteiger partial charge in [-0.1, -0.05) is 32.4 Å². The van der Waals surface area contributed by atoms with Gasteiger partial charge in [-0.2, -0.15) is 9.78 Å². The van der Waals surface area contributed by atoms with E-state index in [2.05, 4.69) is 10.2 Å². The Morgan fingerprint density at radius 2 is 2.00 bits per heavy atom. The van der Waals surface area contributed by atoms with Gasteiger partial charge in [-0.05, 0) is 18.6 Å². The Hall–Kier alpha value is -1.94. The molecule has 1 unspecified atom stereocenters. The summed E-state index contributed by atoms with van der Waals surface area (Å²) in [5.41, 5.74) is 0.280. The number of carbonyl (C=O) groups excluding carboxylic acids is 2. The van der Waals surface area contributed by atoms with E-state index in [4.69, 9.17) is 21.4 Å². The van der Waals surface area contributed by atoms with Crippen molar-refractivity contribution in [3.63, 3.8) is 0 Å². The zero-order chi connectivity index (χ0) is 23.6. The highest BCUT2D eigenvalue weighted by Gasteiger charge is 2.32. The van der Waals surface area contributed by atoms with Crippen molar-refractivity contribution in [2.45, 2.75) is 39.7 Å². The van der Waals surface area contributed by atoms with Crippen molar-refractivity contribution < 1.29 is 14.3 Å². The van der Waals surface area contributed by atoms with E-state index in [1.54, 1.807) is 0 Å². The highest BCUT2D eigenvalue weighted by Crippen LogP contribution is 2.30. The fraction of sp³-hybridized carbons (Fsp3) is 0.609. The standard InChI is InChI=1S/C23H32ClN5O3S/c1-23(2,3)22(31)29-20(25-13-17-4-5-19(24)33-17)12-18(26-29)16-6-7-28(14-16)21(30)15-27-8-10-32-11-9-27/h4-5,12,16,25H,6-11,13-15H2,1-3H3. The molecule has 0 spiro atoms. The largest absolute Gasteiger partial charge is 0.379 e. The smallest absolute Gasteiger partial charge is 0.254 e. The Morgan fingerprint density at radius 1 is 1.24 bits per heavy atom. The van der Waals surface area contributed by atoms with Crippen LogP contribution in [0.2, 0.25) is 4.34 Å². The maximum Gasteiger partial charge on any atom is 0.254 e. The van der Waals surface area contributed by atoms with Gasteiger partial charge in [0, 0.05) is 48.5 Å². The molecule has 1 amide bonds. The summed E-state index contributed by atoms with van der Waals surface area (Å²) >= 11 is 7.56. The van der Waals surface area contributed by atoms with E-state index in [0.29, 0.717) is 45.2 Å². The molecule has 2 aliphatic rings. The quantitative estimate of drug-likeness (QED) is 0.663. The Bertz CT molecular complexity index is 993. The molecule has 0 aromatic carbocycles. The molecule has 0 saturated carbocycles. The first kappa shape index (κ1) is 24.2. The van der Waals surface area contributed by atoms with E-state index >= 15 is 0 Å². The number of ether oxygens (including phenoxy) is 1. The maximum absolute atomic E-state index is 13.1. The molecule has 0 bridgehead atoms. The van der Waals surface area contributed by atoms with Crippen LogP contribution < -0.4 is 5.32 Å². The number of nitrogens with zero attached hydrogens (tertiary/aromatic N) is 4. The first-order valence-electron chi connectivity index (χ1n) is 11.4. The van der Waals surface area contributed by atoms with Crippen LogP contribution in [0.3, 0.4) is 0 Å². The number of aromatic nitrogens is 2. The second-order valence-electron chi connectivity index (χ2n) is 9.69. The first-order chi connectivity index (χ1) is 15.7. The molecule has 1 atom stereocenters. The average molecular weight is 494 g/mol. The molecular weight excluding hydrogens is 462 g/mol. The molecule has 0 aliphatic carbocycles. The van der Waals surface area contributed by atoms with Gasteiger partial charge in [0.15, 0.2) is 0 Å². The van der Waals surface area contributed by atoms with E-state index < -0.39 is 5.41 Å². The number of halogens is 1. The predicted octanol–water partition coefficient (Wildman–Crippen LogP) is 3.54. The number of morpholine rings is 1. The third kappa shape index (κ3) is 5.95. The van der Waals surface area contributed by atoms with E-state index in [-0.39, 0.29) is 17.7 Å². The van der Waals surface area contributed by atoms with Gasteiger partial charge in [0.25, 0.3) is 5.91 Å². The van der Waals surface area contributed by atoms with Crippen molar-refractivity contribution >= 4 is 40.6 Å². The number of anilines is 1. The van der Waals surface area contributed by atoms with Gasteiger partial charge in [-0.3, -0.25) is 14.5 Å². The van der Waals surface area contributed by atoms with Crippen LogP contribution in [0, 0.1) is 5.41 Å². The molecule has 8 nitrogen and oxygen atoms in total. The summed E-state index contributed by atoms with van der Waals surface area (Å²) in [6.45, 7) is 11.0. The molecule has 4 rings (SSSR count). The van der Waals surface area contributed by atoms with Gasteiger partial charge >= 0.3 is 0 Å². The molecule has 1 N–H and O–H groups in total. The molecule has 10 heteroatoms. The van der Waals surface area contributed by atoms with E-state index in [9.17, 15) is 9.59 Å². The minimum absolute atomic E-state index is 0.0706. The molecule has 2 aromatic rings. The number of amides is 1. The van der Waals surface area contributed by atoms with Crippen LogP contribution in [0.4, 0.5) is 5.82 Å². The van der Waals surface area contributed by atoms with Crippen LogP contribution in [0.25, 0.3) is 0 Å². The lowest BCUT2D eigenvalue weighted by Crippen LogP contribution is -2.44. The second kappa shape index (κ2) is 10.1. The van der Waals surface area contributed by atoms with Gasteiger partial charge in [-0.15, -0.1) is 11.3 Å². The highest BCUT2D eigenvalue weighted by molar-refractivity contribution is 7.16. The summed E-state index contributed by atoms with van der Waals surface area (Å²) in [7, 11) is 0. The molecule has 2 fully saturated rings. The predicted molar refractivity (Wildman–Crippen MR) is 130 cm³/mol. The van der Waals surface area contributed by atoms with Crippen LogP contribution in [0.15, 0.2) is 18.2 Å². The fourth-order valence-electron chi connectivity index (χ4n) is 4.10. The van der Waals surface area contributed by atoms with Crippen LogP contribution in [-0.2, 0) is 16.1 Å². The molecular formula is C23H32ClN5O3S. The lowest BCUT2D eigenvalue weighted by atomic mass is 9.96. The van der Waals surface area contributed by atoms with E-state index in [0.717, 1.165) is 34.4 Å². The number of nitrogens with one attached hydrogen (secondary N) is 1. The highest BCUT2D eigenvalue weighted by atomic mass is 35.5. The van der Waals surface area contributed by atoms with E-state index in [1.807, 2.05) is 43.9 Å². The zero-order valence-corrected chi connectivity index (χ0v) is 21.0. The van der Waals surface area contributed by atoms with Crippen LogP contribution >= 0.6 is 22.9 Å². The van der Waals surface area contributed by atoms with Gasteiger partial charge in [0.05, 0.1) is 36.3 Å². The summed E-state index contributed by atoms with van der Waals surface area (Å²) < 4.78 is 7.60. The Labute approximate surface area is 203 Å². The summed E-state index contributed by atoms with van der Waals surface area (Å²) in [4.78, 5) is 31.0. The summed E-state index contributed by atoms with van der Waals surface area (Å²) in [5, 5.41) is 8.06. The number of hydrogen-bond donors (Lipinski definition) is 1. The number of likely N-dealkylation sites (tertiary alicyclic amines) is 1. The molecule has 2 saturated heterocycles. The summed E-state index contributed by atoms with van der Waals surface area (Å²) in [6.07, 6.45) is 0.843. The second-order valence-corrected chi connectivity index (χ2v) is 11.5. The number of carbonyl (C=O) groups is 2.